The highest BCUT2D eigenvalue weighted by molar-refractivity contribution is 7.98. The molecule has 1 atom stereocenters. The van der Waals surface area contributed by atoms with E-state index < -0.39 is 6.04 Å². The van der Waals surface area contributed by atoms with E-state index >= 15 is 0 Å². The zero-order chi connectivity index (χ0) is 22.8. The summed E-state index contributed by atoms with van der Waals surface area (Å²) in [6.45, 7) is 3.61. The Hall–Kier alpha value is -2.02. The van der Waals surface area contributed by atoms with Gasteiger partial charge in [0.2, 0.25) is 5.91 Å². The first-order valence-corrected chi connectivity index (χ1v) is 13.0. The fraction of sp³-hybridized carbons (Fsp3) is 0.440. The minimum absolute atomic E-state index is 0.174. The normalized spacial score (nSPS) is 15.2. The third-order valence-corrected chi connectivity index (χ3v) is 6.74. The van der Waals surface area contributed by atoms with Crippen molar-refractivity contribution >= 4 is 35.2 Å². The number of hydrogen-bond acceptors (Lipinski definition) is 4. The summed E-state index contributed by atoms with van der Waals surface area (Å²) in [7, 11) is 0. The SMILES string of the molecule is CSCCC(NC(=O)c1ccccc1Cl)C(=O)NCc1ccccc1CN1CCCCC1. The molecule has 2 aromatic rings. The average molecular weight is 474 g/mol. The quantitative estimate of drug-likeness (QED) is 0.533. The minimum atomic E-state index is -0.611. The molecule has 172 valence electrons. The lowest BCUT2D eigenvalue weighted by Gasteiger charge is -2.27. The van der Waals surface area contributed by atoms with Crippen molar-refractivity contribution in [1.29, 1.82) is 0 Å². The Morgan fingerprint density at radius 2 is 1.72 bits per heavy atom. The number of thioether (sulfide) groups is 1. The van der Waals surface area contributed by atoms with E-state index in [9.17, 15) is 9.59 Å². The van der Waals surface area contributed by atoms with Crippen LogP contribution in [-0.4, -0.2) is 47.9 Å². The van der Waals surface area contributed by atoms with Crippen LogP contribution in [0.2, 0.25) is 5.02 Å². The number of nitrogens with one attached hydrogen (secondary N) is 2. The molecule has 1 saturated heterocycles. The summed E-state index contributed by atoms with van der Waals surface area (Å²) >= 11 is 7.80. The van der Waals surface area contributed by atoms with Crippen LogP contribution in [0.15, 0.2) is 48.5 Å². The molecular formula is C25H32ClN3O2S. The maximum Gasteiger partial charge on any atom is 0.253 e. The van der Waals surface area contributed by atoms with Crippen molar-refractivity contribution in [3.05, 3.63) is 70.2 Å². The molecule has 1 unspecified atom stereocenters. The van der Waals surface area contributed by atoms with Gasteiger partial charge >= 0.3 is 0 Å². The summed E-state index contributed by atoms with van der Waals surface area (Å²) in [4.78, 5) is 28.2. The van der Waals surface area contributed by atoms with Gasteiger partial charge in [0.05, 0.1) is 10.6 Å². The first-order chi connectivity index (χ1) is 15.6. The second kappa shape index (κ2) is 12.9. The fourth-order valence-corrected chi connectivity index (χ4v) is 4.63. The molecule has 3 rings (SSSR count). The second-order valence-electron chi connectivity index (χ2n) is 8.11. The molecule has 7 heteroatoms. The molecule has 2 aromatic carbocycles. The lowest BCUT2D eigenvalue weighted by Crippen LogP contribution is -2.47. The highest BCUT2D eigenvalue weighted by Crippen LogP contribution is 2.17. The average Bonchev–Trinajstić information content (AvgIpc) is 2.81. The molecule has 0 saturated carbocycles. The van der Waals surface area contributed by atoms with Crippen LogP contribution >= 0.6 is 23.4 Å². The van der Waals surface area contributed by atoms with Crippen LogP contribution in [0, 0.1) is 0 Å². The van der Waals surface area contributed by atoms with Gasteiger partial charge in [0.1, 0.15) is 6.04 Å². The maximum atomic E-state index is 13.0. The third-order valence-electron chi connectivity index (χ3n) is 5.77. The summed E-state index contributed by atoms with van der Waals surface area (Å²) < 4.78 is 0. The van der Waals surface area contributed by atoms with Crippen LogP contribution in [0.3, 0.4) is 0 Å². The summed E-state index contributed by atoms with van der Waals surface area (Å²) in [6.07, 6.45) is 6.36. The number of carbonyl (C=O) groups is 2. The summed E-state index contributed by atoms with van der Waals surface area (Å²) in [5, 5.41) is 6.29. The Kier molecular flexibility index (Phi) is 9.90. The number of rotatable bonds is 10. The molecular weight excluding hydrogens is 442 g/mol. The Balaban J connectivity index is 1.62. The number of piperidine rings is 1. The van der Waals surface area contributed by atoms with E-state index in [1.165, 1.54) is 24.8 Å². The van der Waals surface area contributed by atoms with Gasteiger partial charge in [0.15, 0.2) is 0 Å². The van der Waals surface area contributed by atoms with E-state index in [0.717, 1.165) is 31.0 Å². The van der Waals surface area contributed by atoms with Crippen molar-refractivity contribution in [2.45, 2.75) is 44.8 Å². The molecule has 0 bridgehead atoms. The van der Waals surface area contributed by atoms with Gasteiger partial charge in [-0.2, -0.15) is 11.8 Å². The Bertz CT molecular complexity index is 902. The van der Waals surface area contributed by atoms with Crippen LogP contribution in [0.4, 0.5) is 0 Å². The van der Waals surface area contributed by atoms with Crippen molar-refractivity contribution in [2.24, 2.45) is 0 Å². The molecule has 1 aliphatic rings. The number of likely N-dealkylation sites (tertiary alicyclic amines) is 1. The number of halogens is 1. The molecule has 1 fully saturated rings. The van der Waals surface area contributed by atoms with E-state index in [2.05, 4.69) is 33.7 Å². The number of benzene rings is 2. The van der Waals surface area contributed by atoms with E-state index in [-0.39, 0.29) is 11.8 Å². The highest BCUT2D eigenvalue weighted by atomic mass is 35.5. The number of hydrogen-bond donors (Lipinski definition) is 2. The van der Waals surface area contributed by atoms with Crippen LogP contribution in [0.25, 0.3) is 0 Å². The molecule has 1 aliphatic heterocycles. The summed E-state index contributed by atoms with van der Waals surface area (Å²) in [5.41, 5.74) is 2.74. The van der Waals surface area contributed by atoms with Gasteiger partial charge in [-0.1, -0.05) is 54.4 Å². The molecule has 0 radical (unpaired) electrons. The Morgan fingerprint density at radius 1 is 1.03 bits per heavy atom. The van der Waals surface area contributed by atoms with Crippen LogP contribution < -0.4 is 10.6 Å². The standard InChI is InChI=1S/C25H32ClN3O2S/c1-32-16-13-23(28-24(30)21-11-5-6-12-22(21)26)25(31)27-17-19-9-3-4-10-20(19)18-29-14-7-2-8-15-29/h3-6,9-12,23H,2,7-8,13-18H2,1H3,(H,27,31)(H,28,30). The van der Waals surface area contributed by atoms with Crippen molar-refractivity contribution in [3.63, 3.8) is 0 Å². The van der Waals surface area contributed by atoms with E-state index in [4.69, 9.17) is 11.6 Å². The maximum absolute atomic E-state index is 13.0. The lowest BCUT2D eigenvalue weighted by atomic mass is 10.0. The van der Waals surface area contributed by atoms with Crippen LogP contribution in [0.5, 0.6) is 0 Å². The highest BCUT2D eigenvalue weighted by Gasteiger charge is 2.22. The molecule has 0 aliphatic carbocycles. The van der Waals surface area contributed by atoms with Gasteiger partial charge in [0, 0.05) is 13.1 Å². The van der Waals surface area contributed by atoms with Crippen molar-refractivity contribution in [3.8, 4) is 0 Å². The monoisotopic (exact) mass is 473 g/mol. The molecule has 32 heavy (non-hydrogen) atoms. The van der Waals surface area contributed by atoms with Gasteiger partial charge in [-0.3, -0.25) is 14.5 Å². The zero-order valence-electron chi connectivity index (χ0n) is 18.6. The predicted octanol–water partition coefficient (Wildman–Crippen LogP) is 4.49. The Morgan fingerprint density at radius 3 is 2.44 bits per heavy atom. The van der Waals surface area contributed by atoms with Gasteiger partial charge in [-0.25, -0.2) is 0 Å². The van der Waals surface area contributed by atoms with E-state index in [1.54, 1.807) is 36.0 Å². The molecule has 5 nitrogen and oxygen atoms in total. The van der Waals surface area contributed by atoms with Crippen LogP contribution in [0.1, 0.15) is 47.2 Å². The van der Waals surface area contributed by atoms with E-state index in [1.807, 2.05) is 12.3 Å². The van der Waals surface area contributed by atoms with Gasteiger partial charge in [-0.15, -0.1) is 0 Å². The van der Waals surface area contributed by atoms with Gasteiger partial charge < -0.3 is 10.6 Å². The van der Waals surface area contributed by atoms with Gasteiger partial charge in [0.25, 0.3) is 5.91 Å². The fourth-order valence-electron chi connectivity index (χ4n) is 3.93. The van der Waals surface area contributed by atoms with Crippen molar-refractivity contribution < 1.29 is 9.59 Å². The van der Waals surface area contributed by atoms with Crippen molar-refractivity contribution in [2.75, 3.05) is 25.1 Å². The smallest absolute Gasteiger partial charge is 0.253 e. The summed E-state index contributed by atoms with van der Waals surface area (Å²) in [6, 6.07) is 14.5. The topological polar surface area (TPSA) is 61.4 Å². The largest absolute Gasteiger partial charge is 0.350 e. The number of nitrogens with zero attached hydrogens (tertiary/aromatic N) is 1. The molecule has 1 heterocycles. The molecule has 0 spiro atoms. The third kappa shape index (κ3) is 7.26. The second-order valence-corrected chi connectivity index (χ2v) is 9.50. The number of amides is 2. The first kappa shape index (κ1) is 24.6. The first-order valence-electron chi connectivity index (χ1n) is 11.2. The Labute approximate surface area is 200 Å². The van der Waals surface area contributed by atoms with Crippen LogP contribution in [-0.2, 0) is 17.9 Å². The van der Waals surface area contributed by atoms with Gasteiger partial charge in [-0.05, 0) is 67.6 Å². The van der Waals surface area contributed by atoms with E-state index in [0.29, 0.717) is 23.6 Å². The lowest BCUT2D eigenvalue weighted by molar-refractivity contribution is -0.123. The predicted molar refractivity (Wildman–Crippen MR) is 133 cm³/mol. The zero-order valence-corrected chi connectivity index (χ0v) is 20.2. The molecule has 2 N–H and O–H groups in total. The number of carbonyl (C=O) groups excluding carboxylic acids is 2. The molecule has 0 aromatic heterocycles. The molecule has 2 amide bonds. The summed E-state index contributed by atoms with van der Waals surface area (Å²) in [5.74, 6) is 0.265. The minimum Gasteiger partial charge on any atom is -0.350 e. The van der Waals surface area contributed by atoms with Crippen molar-refractivity contribution in [1.82, 2.24) is 15.5 Å².